The summed E-state index contributed by atoms with van der Waals surface area (Å²) in [5, 5.41) is 13.6. The number of nitrogens with one attached hydrogen (secondary N) is 1. The summed E-state index contributed by atoms with van der Waals surface area (Å²) in [6, 6.07) is 11.6. The van der Waals surface area contributed by atoms with Gasteiger partial charge in [-0.3, -0.25) is 19.7 Å². The first-order chi connectivity index (χ1) is 15.2. The number of benzene rings is 2. The zero-order valence-electron chi connectivity index (χ0n) is 18.4. The minimum absolute atomic E-state index is 0.00660. The fourth-order valence-electron chi connectivity index (χ4n) is 2.90. The van der Waals surface area contributed by atoms with Gasteiger partial charge in [-0.25, -0.2) is 4.39 Å². The molecule has 0 aliphatic heterocycles. The van der Waals surface area contributed by atoms with Crippen LogP contribution in [0.2, 0.25) is 0 Å². The van der Waals surface area contributed by atoms with E-state index in [1.165, 1.54) is 34.9 Å². The lowest BCUT2D eigenvalue weighted by Gasteiger charge is -2.29. The summed E-state index contributed by atoms with van der Waals surface area (Å²) >= 11 is 1.33. The lowest BCUT2D eigenvalue weighted by Crippen LogP contribution is -2.48. The number of halogens is 1. The monoisotopic (exact) mass is 461 g/mol. The van der Waals surface area contributed by atoms with Crippen molar-refractivity contribution in [3.63, 3.8) is 0 Å². The highest BCUT2D eigenvalue weighted by molar-refractivity contribution is 7.99. The molecule has 0 saturated heterocycles. The fourth-order valence-corrected chi connectivity index (χ4v) is 3.77. The highest BCUT2D eigenvalue weighted by atomic mass is 32.2. The van der Waals surface area contributed by atoms with Gasteiger partial charge in [0.25, 0.3) is 5.69 Å². The molecule has 2 rings (SSSR count). The van der Waals surface area contributed by atoms with Crippen LogP contribution in [0.4, 0.5) is 10.1 Å². The number of nitro benzene ring substituents is 1. The molecular formula is C23H28FN3O4S. The maximum atomic E-state index is 14.2. The molecule has 2 aromatic carbocycles. The van der Waals surface area contributed by atoms with E-state index in [0.717, 1.165) is 5.56 Å². The van der Waals surface area contributed by atoms with Crippen molar-refractivity contribution in [2.45, 2.75) is 39.1 Å². The molecule has 32 heavy (non-hydrogen) atoms. The van der Waals surface area contributed by atoms with E-state index < -0.39 is 16.8 Å². The van der Waals surface area contributed by atoms with Gasteiger partial charge in [-0.1, -0.05) is 44.2 Å². The number of non-ortho nitro benzene ring substituents is 1. The van der Waals surface area contributed by atoms with E-state index in [4.69, 9.17) is 0 Å². The first-order valence-corrected chi connectivity index (χ1v) is 11.5. The Morgan fingerprint density at radius 2 is 1.78 bits per heavy atom. The van der Waals surface area contributed by atoms with Crippen LogP contribution in [0.5, 0.6) is 0 Å². The van der Waals surface area contributed by atoms with Gasteiger partial charge in [0.15, 0.2) is 0 Å². The highest BCUT2D eigenvalue weighted by Crippen LogP contribution is 2.19. The van der Waals surface area contributed by atoms with Crippen LogP contribution >= 0.6 is 11.8 Å². The smallest absolute Gasteiger partial charge is 0.269 e. The van der Waals surface area contributed by atoms with Crippen LogP contribution in [0.15, 0.2) is 48.5 Å². The molecule has 7 nitrogen and oxygen atoms in total. The van der Waals surface area contributed by atoms with Crippen LogP contribution in [0.1, 0.15) is 31.9 Å². The highest BCUT2D eigenvalue weighted by Gasteiger charge is 2.26. The van der Waals surface area contributed by atoms with Crippen molar-refractivity contribution in [2.75, 3.05) is 12.3 Å². The Bertz CT molecular complexity index is 937. The van der Waals surface area contributed by atoms with Crippen LogP contribution in [-0.2, 0) is 21.9 Å². The van der Waals surface area contributed by atoms with E-state index >= 15 is 0 Å². The van der Waals surface area contributed by atoms with E-state index in [1.54, 1.807) is 37.3 Å². The molecule has 1 N–H and O–H groups in total. The topological polar surface area (TPSA) is 92.6 Å². The van der Waals surface area contributed by atoms with E-state index in [1.807, 2.05) is 13.8 Å². The standard InChI is InChI=1S/C23H28FN3O4S/c1-16(2)12-25-23(29)17(3)26(13-19-6-4-5-7-21(19)24)22(28)15-32-14-18-8-10-20(11-9-18)27(30)31/h4-11,16-17H,12-15H2,1-3H3,(H,25,29)/t17-/m0/s1. The normalized spacial score (nSPS) is 11.8. The van der Waals surface area contributed by atoms with Gasteiger partial charge in [-0.05, 0) is 24.5 Å². The molecule has 0 aliphatic carbocycles. The molecular weight excluding hydrogens is 433 g/mol. The lowest BCUT2D eigenvalue weighted by molar-refractivity contribution is -0.384. The Morgan fingerprint density at radius 3 is 2.38 bits per heavy atom. The Balaban J connectivity index is 2.06. The number of nitrogens with zero attached hydrogens (tertiary/aromatic N) is 2. The average Bonchev–Trinajstić information content (AvgIpc) is 2.76. The summed E-state index contributed by atoms with van der Waals surface area (Å²) in [5.41, 5.74) is 1.19. The van der Waals surface area contributed by atoms with E-state index in [0.29, 0.717) is 17.9 Å². The van der Waals surface area contributed by atoms with Crippen molar-refractivity contribution in [2.24, 2.45) is 5.92 Å². The third-order valence-corrected chi connectivity index (χ3v) is 5.78. The molecule has 0 aliphatic rings. The van der Waals surface area contributed by atoms with Gasteiger partial charge in [0.2, 0.25) is 11.8 Å². The van der Waals surface area contributed by atoms with Crippen molar-refractivity contribution >= 4 is 29.3 Å². The van der Waals surface area contributed by atoms with Crippen molar-refractivity contribution in [3.05, 3.63) is 75.6 Å². The number of hydrogen-bond acceptors (Lipinski definition) is 5. The Kier molecular flexibility index (Phi) is 9.64. The molecule has 0 bridgehead atoms. The van der Waals surface area contributed by atoms with Crippen LogP contribution in [0.25, 0.3) is 0 Å². The zero-order valence-corrected chi connectivity index (χ0v) is 19.2. The fraction of sp³-hybridized carbons (Fsp3) is 0.391. The number of rotatable bonds is 11. The van der Waals surface area contributed by atoms with Crippen LogP contribution in [0, 0.1) is 21.8 Å². The average molecular weight is 462 g/mol. The molecule has 0 heterocycles. The summed E-state index contributed by atoms with van der Waals surface area (Å²) in [6.45, 7) is 6.05. The Morgan fingerprint density at radius 1 is 1.12 bits per heavy atom. The number of carbonyl (C=O) groups excluding carboxylic acids is 2. The van der Waals surface area contributed by atoms with Gasteiger partial charge < -0.3 is 10.2 Å². The van der Waals surface area contributed by atoms with Gasteiger partial charge in [0, 0.05) is 36.5 Å². The Hall–Kier alpha value is -2.94. The van der Waals surface area contributed by atoms with Gasteiger partial charge in [-0.2, -0.15) is 0 Å². The number of thioether (sulfide) groups is 1. The second kappa shape index (κ2) is 12.2. The molecule has 1 atom stereocenters. The number of nitro groups is 1. The number of carbonyl (C=O) groups is 2. The summed E-state index contributed by atoms with van der Waals surface area (Å²) in [5.74, 6) is -0.174. The quantitative estimate of drug-likeness (QED) is 0.401. The number of hydrogen-bond donors (Lipinski definition) is 1. The first kappa shape index (κ1) is 25.3. The first-order valence-electron chi connectivity index (χ1n) is 10.3. The van der Waals surface area contributed by atoms with Gasteiger partial charge in [-0.15, -0.1) is 11.8 Å². The van der Waals surface area contributed by atoms with Crippen LogP contribution in [-0.4, -0.2) is 40.0 Å². The van der Waals surface area contributed by atoms with E-state index in [-0.39, 0.29) is 35.7 Å². The molecule has 0 fully saturated rings. The molecule has 2 amide bonds. The van der Waals surface area contributed by atoms with Gasteiger partial charge in [0.1, 0.15) is 11.9 Å². The van der Waals surface area contributed by atoms with E-state index in [2.05, 4.69) is 5.32 Å². The minimum Gasteiger partial charge on any atom is -0.354 e. The summed E-state index contributed by atoms with van der Waals surface area (Å²) in [4.78, 5) is 37.3. The third-order valence-electron chi connectivity index (χ3n) is 4.79. The van der Waals surface area contributed by atoms with Crippen molar-refractivity contribution in [1.82, 2.24) is 10.2 Å². The van der Waals surface area contributed by atoms with Crippen LogP contribution in [0.3, 0.4) is 0 Å². The molecule has 9 heteroatoms. The Labute approximate surface area is 191 Å². The van der Waals surface area contributed by atoms with Gasteiger partial charge in [0.05, 0.1) is 10.7 Å². The predicted octanol–water partition coefficient (Wildman–Crippen LogP) is 4.16. The number of amides is 2. The van der Waals surface area contributed by atoms with Crippen molar-refractivity contribution in [1.29, 1.82) is 0 Å². The molecule has 0 aromatic heterocycles. The minimum atomic E-state index is -0.763. The third kappa shape index (κ3) is 7.64. The largest absolute Gasteiger partial charge is 0.354 e. The van der Waals surface area contributed by atoms with Gasteiger partial charge >= 0.3 is 0 Å². The lowest BCUT2D eigenvalue weighted by atomic mass is 10.1. The summed E-state index contributed by atoms with van der Waals surface area (Å²) in [6.07, 6.45) is 0. The SMILES string of the molecule is CC(C)CNC(=O)[C@H](C)N(Cc1ccccc1F)C(=O)CSCc1ccc([N+](=O)[O-])cc1. The second-order valence-electron chi connectivity index (χ2n) is 7.84. The van der Waals surface area contributed by atoms with Crippen molar-refractivity contribution < 1.29 is 18.9 Å². The molecule has 0 saturated carbocycles. The predicted molar refractivity (Wildman–Crippen MR) is 124 cm³/mol. The molecule has 2 aromatic rings. The molecule has 0 spiro atoms. The molecule has 0 radical (unpaired) electrons. The summed E-state index contributed by atoms with van der Waals surface area (Å²) in [7, 11) is 0. The second-order valence-corrected chi connectivity index (χ2v) is 8.83. The summed E-state index contributed by atoms with van der Waals surface area (Å²) < 4.78 is 14.2. The van der Waals surface area contributed by atoms with Crippen molar-refractivity contribution in [3.8, 4) is 0 Å². The molecule has 172 valence electrons. The molecule has 0 unspecified atom stereocenters. The van der Waals surface area contributed by atoms with E-state index in [9.17, 15) is 24.1 Å². The zero-order chi connectivity index (χ0) is 23.7. The maximum Gasteiger partial charge on any atom is 0.269 e. The van der Waals surface area contributed by atoms with Crippen LogP contribution < -0.4 is 5.32 Å². The maximum absolute atomic E-state index is 14.2.